The second-order valence-electron chi connectivity index (χ2n) is 13.5. The Morgan fingerprint density at radius 1 is 0.849 bits per heavy atom. The number of hydrogen-bond donors (Lipinski definition) is 5. The second-order valence-corrected chi connectivity index (χ2v) is 13.5. The standard InChI is InChI=1S/C32H40F8N6O7/c1-29(2,31(35,36)37)23(43-27(50)52-5)25(48)41-14-17(47)13-21(42-26(49)24(44-28(51)53-6)30(3,4)32(38,39)40)22-18(33)11-15(12-19(22)34)20-9-10-46(45-20)16-7-8-16/h9-12,16-17,21,23-24,47H,7-8,13-14H2,1-6H3,(H,41,48)(H,42,49)(H,43,50)(H,44,51)/t17-,21?,23?,24+/m0/s1. The van der Waals surface area contributed by atoms with E-state index in [1.807, 2.05) is 10.6 Å². The van der Waals surface area contributed by atoms with E-state index in [1.54, 1.807) is 21.5 Å². The molecule has 0 radical (unpaired) electrons. The van der Waals surface area contributed by atoms with Crippen molar-refractivity contribution in [2.75, 3.05) is 20.8 Å². The largest absolute Gasteiger partial charge is 0.453 e. The van der Waals surface area contributed by atoms with Gasteiger partial charge in [-0.2, -0.15) is 31.4 Å². The van der Waals surface area contributed by atoms with E-state index in [2.05, 4.69) is 14.6 Å². The first-order valence-corrected chi connectivity index (χ1v) is 16.0. The number of rotatable bonds is 14. The number of ether oxygens (including phenoxy) is 2. The van der Waals surface area contributed by atoms with Crippen LogP contribution in [0.4, 0.5) is 44.7 Å². The predicted octanol–water partition coefficient (Wildman–Crippen LogP) is 4.81. The van der Waals surface area contributed by atoms with Crippen LogP contribution >= 0.6 is 0 Å². The van der Waals surface area contributed by atoms with Crippen molar-refractivity contribution >= 4 is 24.0 Å². The SMILES string of the molecule is COC(=O)NC(C(=O)NC[C@@H](O)CC(NC(=O)[C@@H](NC(=O)OC)C(C)(C)C(F)(F)F)c1c(F)cc(-c2ccn(C3CC3)n2)cc1F)C(C)(C)C(F)(F)F. The van der Waals surface area contributed by atoms with Gasteiger partial charge in [-0.15, -0.1) is 0 Å². The Morgan fingerprint density at radius 3 is 1.75 bits per heavy atom. The first-order chi connectivity index (χ1) is 24.3. The molecule has 296 valence electrons. The van der Waals surface area contributed by atoms with Crippen molar-refractivity contribution in [2.24, 2.45) is 10.8 Å². The molecule has 13 nitrogen and oxygen atoms in total. The first kappa shape index (κ1) is 42.7. The molecule has 1 aromatic carbocycles. The lowest BCUT2D eigenvalue weighted by atomic mass is 9.82. The number of benzene rings is 1. The van der Waals surface area contributed by atoms with Crippen molar-refractivity contribution in [3.05, 3.63) is 41.6 Å². The topological polar surface area (TPSA) is 173 Å². The van der Waals surface area contributed by atoms with Gasteiger partial charge in [0.15, 0.2) is 0 Å². The van der Waals surface area contributed by atoms with Gasteiger partial charge in [0.25, 0.3) is 0 Å². The summed E-state index contributed by atoms with van der Waals surface area (Å²) in [7, 11) is 1.63. The first-order valence-electron chi connectivity index (χ1n) is 16.0. The van der Waals surface area contributed by atoms with E-state index in [0.29, 0.717) is 27.7 Å². The molecule has 0 saturated heterocycles. The van der Waals surface area contributed by atoms with Crippen LogP contribution in [0.25, 0.3) is 11.3 Å². The molecule has 1 saturated carbocycles. The number of aromatic nitrogens is 2. The molecule has 53 heavy (non-hydrogen) atoms. The smallest absolute Gasteiger partial charge is 0.407 e. The monoisotopic (exact) mass is 772 g/mol. The van der Waals surface area contributed by atoms with Crippen molar-refractivity contribution in [3.8, 4) is 11.3 Å². The van der Waals surface area contributed by atoms with E-state index in [1.165, 1.54) is 6.07 Å². The molecule has 1 aliphatic rings. The number of halogens is 8. The van der Waals surface area contributed by atoms with Crippen LogP contribution in [0.2, 0.25) is 0 Å². The fourth-order valence-electron chi connectivity index (χ4n) is 5.11. The Balaban J connectivity index is 1.99. The maximum Gasteiger partial charge on any atom is 0.407 e. The Morgan fingerprint density at radius 2 is 1.32 bits per heavy atom. The third kappa shape index (κ3) is 10.0. The third-order valence-corrected chi connectivity index (χ3v) is 8.91. The summed E-state index contributed by atoms with van der Waals surface area (Å²) in [5.74, 6) is -5.79. The molecule has 2 aromatic rings. The lowest BCUT2D eigenvalue weighted by Gasteiger charge is -2.36. The van der Waals surface area contributed by atoms with E-state index in [9.17, 15) is 50.6 Å². The number of alkyl halides is 6. The number of methoxy groups -OCH3 is 2. The number of aliphatic hydroxyl groups is 1. The number of carbonyl (C=O) groups excluding carboxylic acids is 4. The number of alkyl carbamates (subject to hydrolysis) is 2. The minimum atomic E-state index is -5.14. The summed E-state index contributed by atoms with van der Waals surface area (Å²) in [4.78, 5) is 50.2. The van der Waals surface area contributed by atoms with E-state index < -0.39 is 102 Å². The zero-order valence-corrected chi connectivity index (χ0v) is 29.3. The zero-order valence-electron chi connectivity index (χ0n) is 29.3. The summed E-state index contributed by atoms with van der Waals surface area (Å²) < 4.78 is 126. The van der Waals surface area contributed by atoms with Crippen LogP contribution in [0.3, 0.4) is 0 Å². The maximum atomic E-state index is 15.8. The summed E-state index contributed by atoms with van der Waals surface area (Å²) in [6, 6.07) is -3.54. The van der Waals surface area contributed by atoms with Crippen LogP contribution in [0.5, 0.6) is 0 Å². The van der Waals surface area contributed by atoms with Gasteiger partial charge in [-0.3, -0.25) is 14.3 Å². The molecular weight excluding hydrogens is 732 g/mol. The highest BCUT2D eigenvalue weighted by Crippen LogP contribution is 2.42. The van der Waals surface area contributed by atoms with Gasteiger partial charge in [-0.25, -0.2) is 18.4 Å². The fourth-order valence-corrected chi connectivity index (χ4v) is 5.11. The predicted molar refractivity (Wildman–Crippen MR) is 169 cm³/mol. The van der Waals surface area contributed by atoms with Crippen LogP contribution in [0.1, 0.15) is 64.6 Å². The molecule has 0 spiro atoms. The van der Waals surface area contributed by atoms with Gasteiger partial charge in [0.05, 0.1) is 48.9 Å². The van der Waals surface area contributed by atoms with Crippen LogP contribution in [0.15, 0.2) is 24.4 Å². The molecule has 1 aliphatic carbocycles. The van der Waals surface area contributed by atoms with Crippen LogP contribution in [0, 0.1) is 22.5 Å². The molecule has 2 unspecified atom stereocenters. The lowest BCUT2D eigenvalue weighted by Crippen LogP contribution is -2.60. The molecule has 1 fully saturated rings. The Labute approximate surface area is 298 Å². The van der Waals surface area contributed by atoms with E-state index >= 15 is 8.78 Å². The molecule has 0 bridgehead atoms. The Kier molecular flexibility index (Phi) is 13.0. The van der Waals surface area contributed by atoms with Crippen molar-refractivity contribution in [3.63, 3.8) is 0 Å². The number of carbonyl (C=O) groups is 4. The molecule has 1 aromatic heterocycles. The minimum Gasteiger partial charge on any atom is -0.453 e. The molecule has 0 aliphatic heterocycles. The van der Waals surface area contributed by atoms with Gasteiger partial charge < -0.3 is 35.8 Å². The Bertz CT molecular complexity index is 1640. The average molecular weight is 773 g/mol. The van der Waals surface area contributed by atoms with E-state index in [0.717, 1.165) is 39.2 Å². The normalized spacial score (nSPS) is 16.1. The molecule has 5 N–H and O–H groups in total. The van der Waals surface area contributed by atoms with Crippen LogP contribution in [-0.4, -0.2) is 90.2 Å². The van der Waals surface area contributed by atoms with E-state index in [-0.39, 0.29) is 17.3 Å². The maximum absolute atomic E-state index is 15.8. The summed E-state index contributed by atoms with van der Waals surface area (Å²) in [5.41, 5.74) is -6.77. The zero-order chi connectivity index (χ0) is 40.3. The van der Waals surface area contributed by atoms with Gasteiger partial charge >= 0.3 is 24.5 Å². The van der Waals surface area contributed by atoms with Gasteiger partial charge in [0, 0.05) is 23.9 Å². The summed E-state index contributed by atoms with van der Waals surface area (Å²) in [5, 5.41) is 22.7. The summed E-state index contributed by atoms with van der Waals surface area (Å²) in [6.45, 7) is 1.37. The van der Waals surface area contributed by atoms with Crippen molar-refractivity contribution < 1.29 is 68.9 Å². The minimum absolute atomic E-state index is 0.0547. The quantitative estimate of drug-likeness (QED) is 0.170. The molecule has 4 atom stereocenters. The fraction of sp³-hybridized carbons (Fsp3) is 0.594. The van der Waals surface area contributed by atoms with Crippen LogP contribution < -0.4 is 21.3 Å². The average Bonchev–Trinajstić information content (AvgIpc) is 3.78. The molecule has 3 rings (SSSR count). The molecule has 21 heteroatoms. The highest BCUT2D eigenvalue weighted by Gasteiger charge is 2.57. The molecule has 4 amide bonds. The van der Waals surface area contributed by atoms with Gasteiger partial charge in [-0.05, 0) is 65.2 Å². The van der Waals surface area contributed by atoms with Crippen LogP contribution in [-0.2, 0) is 19.1 Å². The number of amides is 4. The highest BCUT2D eigenvalue weighted by molar-refractivity contribution is 5.87. The highest BCUT2D eigenvalue weighted by atomic mass is 19.4. The third-order valence-electron chi connectivity index (χ3n) is 8.91. The molecular formula is C32H40F8N6O7. The number of nitrogens with one attached hydrogen (secondary N) is 4. The van der Waals surface area contributed by atoms with Crippen molar-refractivity contribution in [2.45, 2.75) is 89.6 Å². The molecule has 1 heterocycles. The summed E-state index contributed by atoms with van der Waals surface area (Å²) in [6.07, 6.45) is -12.7. The summed E-state index contributed by atoms with van der Waals surface area (Å²) >= 11 is 0. The number of aliphatic hydroxyl groups excluding tert-OH is 1. The number of nitrogens with zero attached hydrogens (tertiary/aromatic N) is 2. The van der Waals surface area contributed by atoms with Gasteiger partial charge in [-0.1, -0.05) is 0 Å². The Hall–Kier alpha value is -4.69. The lowest BCUT2D eigenvalue weighted by molar-refractivity contribution is -0.221. The van der Waals surface area contributed by atoms with Crippen molar-refractivity contribution in [1.82, 2.24) is 31.0 Å². The second kappa shape index (κ2) is 16.1. The van der Waals surface area contributed by atoms with Crippen molar-refractivity contribution in [1.29, 1.82) is 0 Å². The van der Waals surface area contributed by atoms with Gasteiger partial charge in [0.1, 0.15) is 23.7 Å². The van der Waals surface area contributed by atoms with E-state index in [4.69, 9.17) is 0 Å². The van der Waals surface area contributed by atoms with Gasteiger partial charge in [0.2, 0.25) is 11.8 Å². The number of hydrogen-bond acceptors (Lipinski definition) is 8.